The molecule has 4 nitrogen and oxygen atoms in total. The van der Waals surface area contributed by atoms with E-state index in [4.69, 9.17) is 5.73 Å². The van der Waals surface area contributed by atoms with E-state index in [9.17, 15) is 4.79 Å². The van der Waals surface area contributed by atoms with Crippen molar-refractivity contribution in [1.82, 2.24) is 10.2 Å². The topological polar surface area (TPSA) is 58.4 Å². The molecule has 1 aliphatic carbocycles. The summed E-state index contributed by atoms with van der Waals surface area (Å²) < 4.78 is 0. The Morgan fingerprint density at radius 3 is 2.19 bits per heavy atom. The molecule has 1 aliphatic heterocycles. The molecular weight excluding hydrogens is 369 g/mol. The Labute approximate surface area is 170 Å². The maximum atomic E-state index is 12.4. The summed E-state index contributed by atoms with van der Waals surface area (Å²) >= 11 is 0. The summed E-state index contributed by atoms with van der Waals surface area (Å²) in [5.41, 5.74) is 8.20. The van der Waals surface area contributed by atoms with E-state index in [2.05, 4.69) is 10.2 Å². The van der Waals surface area contributed by atoms with E-state index >= 15 is 0 Å². The molecule has 2 fully saturated rings. The van der Waals surface area contributed by atoms with Gasteiger partial charge in [0.1, 0.15) is 6.04 Å². The number of hydrogen-bond donors (Lipinski definition) is 2. The summed E-state index contributed by atoms with van der Waals surface area (Å²) in [5.74, 6) is -0.0463. The minimum absolute atomic E-state index is 0. The Hall–Kier alpha value is -0.810. The first-order valence-electron chi connectivity index (χ1n) is 9.50. The van der Waals surface area contributed by atoms with Gasteiger partial charge in [-0.1, -0.05) is 49.1 Å². The fourth-order valence-corrected chi connectivity index (χ4v) is 4.07. The summed E-state index contributed by atoms with van der Waals surface area (Å²) in [4.78, 5) is 15.1. The van der Waals surface area contributed by atoms with Crippen LogP contribution in [0.3, 0.4) is 0 Å². The van der Waals surface area contributed by atoms with Crippen LogP contribution in [-0.4, -0.2) is 36.0 Å². The van der Waals surface area contributed by atoms with Crippen LogP contribution in [-0.2, 0) is 4.79 Å². The summed E-state index contributed by atoms with van der Waals surface area (Å²) in [6, 6.07) is 8.40. The van der Waals surface area contributed by atoms with Gasteiger partial charge in [-0.05, 0) is 38.2 Å². The average Bonchev–Trinajstić information content (AvgIpc) is 2.63. The largest absolute Gasteiger partial charge is 0.352 e. The molecule has 3 N–H and O–H groups in total. The molecule has 0 bridgehead atoms. The van der Waals surface area contributed by atoms with Crippen molar-refractivity contribution in [2.45, 2.75) is 70.0 Å². The van der Waals surface area contributed by atoms with Gasteiger partial charge in [-0.25, -0.2) is 0 Å². The summed E-state index contributed by atoms with van der Waals surface area (Å²) in [5, 5.41) is 3.16. The number of halogens is 2. The summed E-state index contributed by atoms with van der Waals surface area (Å²) in [7, 11) is 0. The van der Waals surface area contributed by atoms with Gasteiger partial charge in [-0.3, -0.25) is 4.79 Å². The number of carbonyl (C=O) groups excluding carboxylic acids is 1. The van der Waals surface area contributed by atoms with Crippen LogP contribution in [0.4, 0.5) is 0 Å². The molecule has 6 heteroatoms. The lowest BCUT2D eigenvalue weighted by molar-refractivity contribution is -0.123. The quantitative estimate of drug-likeness (QED) is 0.807. The minimum Gasteiger partial charge on any atom is -0.352 e. The average molecular weight is 402 g/mol. The van der Waals surface area contributed by atoms with Crippen LogP contribution in [0, 0.1) is 6.92 Å². The number of aryl methyl sites for hydroxylation is 1. The molecule has 0 aromatic heterocycles. The first-order valence-corrected chi connectivity index (χ1v) is 9.50. The lowest BCUT2D eigenvalue weighted by Crippen LogP contribution is -2.49. The molecule has 148 valence electrons. The fourth-order valence-electron chi connectivity index (χ4n) is 4.07. The molecule has 1 aromatic carbocycles. The Bertz CT molecular complexity index is 538. The molecule has 1 heterocycles. The van der Waals surface area contributed by atoms with Gasteiger partial charge in [0.05, 0.1) is 0 Å². The summed E-state index contributed by atoms with van der Waals surface area (Å²) in [6.45, 7) is 4.25. The maximum absolute atomic E-state index is 12.4. The van der Waals surface area contributed by atoms with Crippen molar-refractivity contribution < 1.29 is 4.79 Å². The van der Waals surface area contributed by atoms with Crippen molar-refractivity contribution >= 4 is 30.7 Å². The van der Waals surface area contributed by atoms with E-state index in [0.29, 0.717) is 0 Å². The number of nitrogens with zero attached hydrogens (tertiary/aromatic N) is 1. The lowest BCUT2D eigenvalue weighted by atomic mass is 9.92. The van der Waals surface area contributed by atoms with Gasteiger partial charge in [-0.15, -0.1) is 24.8 Å². The van der Waals surface area contributed by atoms with E-state index in [1.165, 1.54) is 37.7 Å². The molecule has 1 saturated heterocycles. The first-order chi connectivity index (χ1) is 11.6. The maximum Gasteiger partial charge on any atom is 0.241 e. The number of likely N-dealkylation sites (tertiary alicyclic amines) is 1. The Balaban J connectivity index is 0.00000169. The first kappa shape index (κ1) is 23.2. The van der Waals surface area contributed by atoms with E-state index < -0.39 is 6.04 Å². The zero-order valence-electron chi connectivity index (χ0n) is 15.7. The number of nitrogens with one attached hydrogen (secondary N) is 1. The number of rotatable bonds is 4. The predicted octanol–water partition coefficient (Wildman–Crippen LogP) is 3.75. The van der Waals surface area contributed by atoms with E-state index in [1.807, 2.05) is 31.2 Å². The van der Waals surface area contributed by atoms with Crippen molar-refractivity contribution in [2.75, 3.05) is 13.1 Å². The van der Waals surface area contributed by atoms with Gasteiger partial charge >= 0.3 is 0 Å². The Morgan fingerprint density at radius 2 is 1.62 bits per heavy atom. The van der Waals surface area contributed by atoms with E-state index in [-0.39, 0.29) is 36.8 Å². The monoisotopic (exact) mass is 401 g/mol. The lowest BCUT2D eigenvalue weighted by Gasteiger charge is -2.39. The Kier molecular flexibility index (Phi) is 9.94. The van der Waals surface area contributed by atoms with E-state index in [0.717, 1.165) is 37.5 Å². The molecule has 1 aromatic rings. The van der Waals surface area contributed by atoms with Crippen molar-refractivity contribution in [3.8, 4) is 0 Å². The molecule has 1 unspecified atom stereocenters. The van der Waals surface area contributed by atoms with Crippen molar-refractivity contribution in [1.29, 1.82) is 0 Å². The zero-order valence-corrected chi connectivity index (χ0v) is 17.3. The minimum atomic E-state index is -0.568. The van der Waals surface area contributed by atoms with Gasteiger partial charge in [0.2, 0.25) is 5.91 Å². The third-order valence-electron chi connectivity index (χ3n) is 5.69. The molecule has 1 atom stereocenters. The molecule has 0 spiro atoms. The van der Waals surface area contributed by atoms with E-state index in [1.54, 1.807) is 0 Å². The molecule has 1 saturated carbocycles. The molecule has 2 aliphatic rings. The highest BCUT2D eigenvalue weighted by Gasteiger charge is 2.27. The number of hydrogen-bond acceptors (Lipinski definition) is 3. The molecule has 3 rings (SSSR count). The fraction of sp³-hybridized carbons (Fsp3) is 0.650. The highest BCUT2D eigenvalue weighted by atomic mass is 35.5. The number of carbonyl (C=O) groups is 1. The standard InChI is InChI=1S/C20H31N3O.2ClH/c1-15-7-9-16(10-8-15)19(21)20(24)22-17-11-13-23(14-12-17)18-5-3-2-4-6-18;;/h7-10,17-19H,2-6,11-14,21H2,1H3,(H,22,24);2*1H. The normalized spacial score (nSPS) is 20.5. The van der Waals surface area contributed by atoms with Crippen molar-refractivity contribution in [3.63, 3.8) is 0 Å². The zero-order chi connectivity index (χ0) is 16.9. The number of nitrogens with two attached hydrogens (primary N) is 1. The van der Waals surface area contributed by atoms with Crippen molar-refractivity contribution in [2.24, 2.45) is 5.73 Å². The molecular formula is C20H33Cl2N3O. The van der Waals surface area contributed by atoms with Gasteiger partial charge in [0.15, 0.2) is 0 Å². The number of benzene rings is 1. The number of amides is 1. The van der Waals surface area contributed by atoms with Crippen LogP contribution in [0.2, 0.25) is 0 Å². The van der Waals surface area contributed by atoms with Crippen molar-refractivity contribution in [3.05, 3.63) is 35.4 Å². The smallest absolute Gasteiger partial charge is 0.241 e. The van der Waals surface area contributed by atoms with Crippen LogP contribution in [0.1, 0.15) is 62.1 Å². The highest BCUT2D eigenvalue weighted by Crippen LogP contribution is 2.25. The van der Waals surface area contributed by atoms with Crippen LogP contribution < -0.4 is 11.1 Å². The predicted molar refractivity (Wildman–Crippen MR) is 112 cm³/mol. The van der Waals surface area contributed by atoms with Gasteiger partial charge in [-0.2, -0.15) is 0 Å². The second-order valence-electron chi connectivity index (χ2n) is 7.50. The molecule has 26 heavy (non-hydrogen) atoms. The molecule has 1 amide bonds. The third kappa shape index (κ3) is 6.12. The third-order valence-corrected chi connectivity index (χ3v) is 5.69. The van der Waals surface area contributed by atoms with Crippen LogP contribution in [0.25, 0.3) is 0 Å². The molecule has 0 radical (unpaired) electrons. The van der Waals surface area contributed by atoms with Gasteiger partial charge in [0.25, 0.3) is 0 Å². The van der Waals surface area contributed by atoms with Crippen LogP contribution in [0.5, 0.6) is 0 Å². The second kappa shape index (κ2) is 11.1. The van der Waals surface area contributed by atoms with Crippen LogP contribution >= 0.6 is 24.8 Å². The van der Waals surface area contributed by atoms with Crippen LogP contribution in [0.15, 0.2) is 24.3 Å². The van der Waals surface area contributed by atoms with Gasteiger partial charge in [0, 0.05) is 25.2 Å². The number of piperidine rings is 1. The van der Waals surface area contributed by atoms with Gasteiger partial charge < -0.3 is 16.0 Å². The SMILES string of the molecule is Cc1ccc(C(N)C(=O)NC2CCN(C3CCCCC3)CC2)cc1.Cl.Cl. The summed E-state index contributed by atoms with van der Waals surface area (Å²) in [6.07, 6.45) is 8.97. The highest BCUT2D eigenvalue weighted by molar-refractivity contribution is 5.85. The second-order valence-corrected chi connectivity index (χ2v) is 7.50. The Morgan fingerprint density at radius 1 is 1.04 bits per heavy atom.